The maximum absolute atomic E-state index is 10.7. The number of nitro benzene ring substituents is 1. The number of benzene rings is 1. The van der Waals surface area contributed by atoms with Crippen LogP contribution < -0.4 is 0 Å². The van der Waals surface area contributed by atoms with Gasteiger partial charge in [0.25, 0.3) is 5.69 Å². The molecule has 0 saturated carbocycles. The largest absolute Gasteiger partial charge is 0.269 e. The van der Waals surface area contributed by atoms with Crippen LogP contribution in [0.25, 0.3) is 4.91 Å². The Kier molecular flexibility index (Phi) is 5.15. The standard InChI is InChI=1S/C12H10N2O2S3/c15-14(16)10-4-2-9(3-5-10)11-12(13-8-17)19-7-1-6-18-11/h2-5H,1,6-7H2. The SMILES string of the molecule is O=[N+]([O-])c1ccc(C2=C(N=C=S)SCCCS2)cc1. The van der Waals surface area contributed by atoms with Crippen LogP contribution in [0.2, 0.25) is 0 Å². The van der Waals surface area contributed by atoms with Gasteiger partial charge in [0.05, 0.1) is 10.1 Å². The van der Waals surface area contributed by atoms with Crippen LogP contribution in [0.5, 0.6) is 0 Å². The van der Waals surface area contributed by atoms with Crippen LogP contribution in [-0.2, 0) is 0 Å². The van der Waals surface area contributed by atoms with Gasteiger partial charge in [-0.1, -0.05) is 0 Å². The average Bonchev–Trinajstić information content (AvgIpc) is 2.65. The molecule has 98 valence electrons. The predicted octanol–water partition coefficient (Wildman–Crippen LogP) is 4.19. The lowest BCUT2D eigenvalue weighted by Crippen LogP contribution is -1.89. The van der Waals surface area contributed by atoms with Crippen molar-refractivity contribution < 1.29 is 4.92 Å². The highest BCUT2D eigenvalue weighted by atomic mass is 32.2. The molecule has 0 aliphatic carbocycles. The van der Waals surface area contributed by atoms with Gasteiger partial charge in [-0.25, -0.2) is 0 Å². The third-order valence-corrected chi connectivity index (χ3v) is 4.95. The van der Waals surface area contributed by atoms with Gasteiger partial charge in [-0.05, 0) is 42.1 Å². The Balaban J connectivity index is 2.40. The van der Waals surface area contributed by atoms with E-state index < -0.39 is 4.92 Å². The van der Waals surface area contributed by atoms with Gasteiger partial charge in [0.1, 0.15) is 5.03 Å². The first kappa shape index (κ1) is 14.3. The summed E-state index contributed by atoms with van der Waals surface area (Å²) in [7, 11) is 0. The number of nitrogens with zero attached hydrogens (tertiary/aromatic N) is 2. The Hall–Kier alpha value is -1.14. The lowest BCUT2D eigenvalue weighted by atomic mass is 10.2. The van der Waals surface area contributed by atoms with E-state index in [0.29, 0.717) is 0 Å². The molecule has 0 bridgehead atoms. The Morgan fingerprint density at radius 1 is 1.26 bits per heavy atom. The third kappa shape index (κ3) is 3.67. The molecule has 0 fully saturated rings. The number of thioether (sulfide) groups is 2. The highest BCUT2D eigenvalue weighted by molar-refractivity contribution is 8.11. The van der Waals surface area contributed by atoms with Crippen molar-refractivity contribution in [2.75, 3.05) is 11.5 Å². The molecule has 1 aliphatic heterocycles. The fraction of sp³-hybridized carbons (Fsp3) is 0.250. The normalized spacial score (nSPS) is 15.6. The zero-order valence-corrected chi connectivity index (χ0v) is 12.3. The van der Waals surface area contributed by atoms with Gasteiger partial charge in [-0.3, -0.25) is 10.1 Å². The molecule has 1 aromatic rings. The van der Waals surface area contributed by atoms with Crippen LogP contribution in [0.15, 0.2) is 34.3 Å². The van der Waals surface area contributed by atoms with Crippen LogP contribution in [0.4, 0.5) is 5.69 Å². The van der Waals surface area contributed by atoms with Gasteiger partial charge in [0, 0.05) is 22.8 Å². The molecule has 0 N–H and O–H groups in total. The minimum absolute atomic E-state index is 0.0931. The van der Waals surface area contributed by atoms with E-state index in [9.17, 15) is 10.1 Å². The van der Waals surface area contributed by atoms with Crippen molar-refractivity contribution in [3.63, 3.8) is 0 Å². The molecule has 2 rings (SSSR count). The van der Waals surface area contributed by atoms with E-state index in [0.717, 1.165) is 33.4 Å². The van der Waals surface area contributed by atoms with E-state index in [1.54, 1.807) is 35.7 Å². The molecular weight excluding hydrogens is 300 g/mol. The third-order valence-electron chi connectivity index (χ3n) is 2.46. The number of hydrogen-bond acceptors (Lipinski definition) is 6. The highest BCUT2D eigenvalue weighted by Crippen LogP contribution is 2.40. The van der Waals surface area contributed by atoms with Gasteiger partial charge in [-0.15, -0.1) is 23.5 Å². The Labute approximate surface area is 124 Å². The number of thiocarbonyl (C=S) groups is 1. The fourth-order valence-corrected chi connectivity index (χ4v) is 4.09. The number of non-ortho nitro benzene ring substituents is 1. The van der Waals surface area contributed by atoms with Crippen LogP contribution in [0.1, 0.15) is 12.0 Å². The van der Waals surface area contributed by atoms with E-state index >= 15 is 0 Å². The molecule has 4 nitrogen and oxygen atoms in total. The van der Waals surface area contributed by atoms with Gasteiger partial charge in [0.15, 0.2) is 0 Å². The molecule has 1 aromatic carbocycles. The van der Waals surface area contributed by atoms with Gasteiger partial charge >= 0.3 is 0 Å². The minimum atomic E-state index is -0.400. The summed E-state index contributed by atoms with van der Waals surface area (Å²) < 4.78 is 0. The fourth-order valence-electron chi connectivity index (χ4n) is 1.60. The van der Waals surface area contributed by atoms with Crippen molar-refractivity contribution in [1.29, 1.82) is 0 Å². The summed E-state index contributed by atoms with van der Waals surface area (Å²) in [5.41, 5.74) is 1.03. The minimum Gasteiger partial charge on any atom is -0.258 e. The maximum atomic E-state index is 10.7. The molecule has 0 radical (unpaired) electrons. The summed E-state index contributed by atoms with van der Waals surface area (Å²) in [6.07, 6.45) is 1.10. The van der Waals surface area contributed by atoms with Gasteiger partial charge < -0.3 is 0 Å². The first-order valence-electron chi connectivity index (χ1n) is 5.55. The summed E-state index contributed by atoms with van der Waals surface area (Å²) >= 11 is 8.03. The number of hydrogen-bond donors (Lipinski definition) is 0. The van der Waals surface area contributed by atoms with Crippen molar-refractivity contribution in [3.8, 4) is 0 Å². The first-order valence-corrected chi connectivity index (χ1v) is 7.93. The van der Waals surface area contributed by atoms with Crippen LogP contribution in [0, 0.1) is 10.1 Å². The summed E-state index contributed by atoms with van der Waals surface area (Å²) in [4.78, 5) is 15.4. The Morgan fingerprint density at radius 2 is 1.95 bits per heavy atom. The molecule has 1 aliphatic rings. The van der Waals surface area contributed by atoms with E-state index in [1.165, 1.54) is 12.1 Å². The molecule has 0 atom stereocenters. The van der Waals surface area contributed by atoms with Crippen molar-refractivity contribution in [2.45, 2.75) is 6.42 Å². The van der Waals surface area contributed by atoms with Gasteiger partial charge in [-0.2, -0.15) is 4.99 Å². The van der Waals surface area contributed by atoms with Crippen LogP contribution >= 0.6 is 35.7 Å². The number of nitro groups is 1. The molecule has 0 aromatic heterocycles. The summed E-state index contributed by atoms with van der Waals surface area (Å²) in [5, 5.41) is 13.9. The van der Waals surface area contributed by atoms with E-state index in [-0.39, 0.29) is 5.69 Å². The Bertz CT molecular complexity index is 563. The second-order valence-electron chi connectivity index (χ2n) is 3.69. The zero-order valence-electron chi connectivity index (χ0n) is 9.87. The molecule has 0 spiro atoms. The van der Waals surface area contributed by atoms with Crippen molar-refractivity contribution in [3.05, 3.63) is 45.0 Å². The molecule has 19 heavy (non-hydrogen) atoms. The van der Waals surface area contributed by atoms with Crippen LogP contribution in [-0.4, -0.2) is 21.6 Å². The number of isothiocyanates is 1. The Morgan fingerprint density at radius 3 is 2.58 bits per heavy atom. The average molecular weight is 310 g/mol. The molecule has 0 unspecified atom stereocenters. The zero-order chi connectivity index (χ0) is 13.7. The summed E-state index contributed by atoms with van der Waals surface area (Å²) in [6.45, 7) is 0. The van der Waals surface area contributed by atoms with Crippen molar-refractivity contribution in [2.24, 2.45) is 4.99 Å². The lowest BCUT2D eigenvalue weighted by Gasteiger charge is -2.07. The smallest absolute Gasteiger partial charge is 0.258 e. The topological polar surface area (TPSA) is 55.5 Å². The van der Waals surface area contributed by atoms with E-state index in [2.05, 4.69) is 22.4 Å². The monoisotopic (exact) mass is 310 g/mol. The summed E-state index contributed by atoms with van der Waals surface area (Å²) in [6, 6.07) is 6.53. The maximum Gasteiger partial charge on any atom is 0.269 e. The second kappa shape index (κ2) is 6.86. The number of rotatable bonds is 3. The molecular formula is C12H10N2O2S3. The summed E-state index contributed by atoms with van der Waals surface area (Å²) in [5.74, 6) is 2.01. The quantitative estimate of drug-likeness (QED) is 0.362. The highest BCUT2D eigenvalue weighted by Gasteiger charge is 2.15. The van der Waals surface area contributed by atoms with E-state index in [1.807, 2.05) is 0 Å². The predicted molar refractivity (Wildman–Crippen MR) is 84.6 cm³/mol. The lowest BCUT2D eigenvalue weighted by molar-refractivity contribution is -0.384. The van der Waals surface area contributed by atoms with Gasteiger partial charge in [0.2, 0.25) is 0 Å². The number of aliphatic imine (C=N–C) groups is 1. The molecule has 0 amide bonds. The second-order valence-corrected chi connectivity index (χ2v) is 6.06. The van der Waals surface area contributed by atoms with Crippen molar-refractivity contribution >= 4 is 51.5 Å². The molecule has 7 heteroatoms. The first-order chi connectivity index (χ1) is 9.22. The van der Waals surface area contributed by atoms with Crippen LogP contribution in [0.3, 0.4) is 0 Å². The van der Waals surface area contributed by atoms with Crippen molar-refractivity contribution in [1.82, 2.24) is 0 Å². The molecule has 1 heterocycles. The van der Waals surface area contributed by atoms with E-state index in [4.69, 9.17) is 0 Å². The molecule has 0 saturated heterocycles.